The lowest BCUT2D eigenvalue weighted by molar-refractivity contribution is -0.107. The number of carbonyl (C=O) groups excluding carboxylic acids is 2. The summed E-state index contributed by atoms with van der Waals surface area (Å²) in [6.07, 6.45) is 2.73. The molecule has 19 heavy (non-hydrogen) atoms. The Morgan fingerprint density at radius 2 is 1.79 bits per heavy atom. The molecule has 0 spiro atoms. The molecule has 2 aromatic rings. The summed E-state index contributed by atoms with van der Waals surface area (Å²) in [4.78, 5) is 21.8. The van der Waals surface area contributed by atoms with Gasteiger partial charge in [-0.2, -0.15) is 0 Å². The van der Waals surface area contributed by atoms with Crippen LogP contribution in [0.25, 0.3) is 17.4 Å². The molecule has 0 atom stereocenters. The fraction of sp³-hybridized carbons (Fsp3) is 0.0667. The fourth-order valence-electron chi connectivity index (χ4n) is 1.61. The van der Waals surface area contributed by atoms with Crippen LogP contribution in [0, 0.1) is 0 Å². The lowest BCUT2D eigenvalue weighted by Gasteiger charge is -1.98. The molecule has 1 heterocycles. The Hall–Kier alpha value is -2.13. The minimum Gasteiger partial charge on any atom is -0.457 e. The summed E-state index contributed by atoms with van der Waals surface area (Å²) < 4.78 is 5.54. The van der Waals surface area contributed by atoms with Gasteiger partial charge in [-0.3, -0.25) is 9.59 Å². The van der Waals surface area contributed by atoms with Crippen molar-refractivity contribution in [2.24, 2.45) is 0 Å². The fourth-order valence-corrected chi connectivity index (χ4v) is 1.68. The van der Waals surface area contributed by atoms with Gasteiger partial charge in [-0.25, -0.2) is 0 Å². The summed E-state index contributed by atoms with van der Waals surface area (Å²) in [6, 6.07) is 10.7. The number of rotatable bonds is 4. The predicted octanol–water partition coefficient (Wildman–Crippen LogP) is 3.93. The maximum absolute atomic E-state index is 11.2. The van der Waals surface area contributed by atoms with Crippen molar-refractivity contribution in [1.29, 1.82) is 0 Å². The molecule has 4 heteroatoms. The van der Waals surface area contributed by atoms with Crippen LogP contribution in [0.2, 0.25) is 0 Å². The maximum atomic E-state index is 11.2. The third kappa shape index (κ3) is 3.42. The molecule has 1 aromatic heterocycles. The largest absolute Gasteiger partial charge is 0.457 e. The Balaban J connectivity index is 2.23. The van der Waals surface area contributed by atoms with Crippen molar-refractivity contribution in [2.45, 2.75) is 6.92 Å². The smallest absolute Gasteiger partial charge is 0.245 e. The quantitative estimate of drug-likeness (QED) is 0.482. The van der Waals surface area contributed by atoms with Gasteiger partial charge in [0, 0.05) is 17.2 Å². The second-order valence-electron chi connectivity index (χ2n) is 3.97. The molecule has 0 saturated carbocycles. The number of benzene rings is 1. The minimum absolute atomic E-state index is 0.0234. The van der Waals surface area contributed by atoms with Crippen molar-refractivity contribution >= 4 is 28.7 Å². The van der Waals surface area contributed by atoms with E-state index >= 15 is 0 Å². The first-order valence-corrected chi connectivity index (χ1v) is 6.03. The van der Waals surface area contributed by atoms with Crippen LogP contribution in [0.4, 0.5) is 0 Å². The van der Waals surface area contributed by atoms with Crippen LogP contribution in [0.5, 0.6) is 0 Å². The molecule has 2 rings (SSSR count). The van der Waals surface area contributed by atoms with E-state index in [1.54, 1.807) is 24.3 Å². The molecule has 0 unspecified atom stereocenters. The van der Waals surface area contributed by atoms with Gasteiger partial charge in [0.2, 0.25) is 5.24 Å². The molecule has 0 bridgehead atoms. The molecule has 0 N–H and O–H groups in total. The molecule has 0 aliphatic rings. The molecule has 3 nitrogen and oxygen atoms in total. The predicted molar refractivity (Wildman–Crippen MR) is 74.0 cm³/mol. The summed E-state index contributed by atoms with van der Waals surface area (Å²) >= 11 is 5.20. The van der Waals surface area contributed by atoms with Crippen LogP contribution >= 0.6 is 11.6 Å². The van der Waals surface area contributed by atoms with Crippen molar-refractivity contribution in [3.05, 3.63) is 53.8 Å². The number of ketones is 1. The Kier molecular flexibility index (Phi) is 3.97. The molecule has 1 aromatic carbocycles. The highest BCUT2D eigenvalue weighted by Crippen LogP contribution is 2.23. The van der Waals surface area contributed by atoms with E-state index in [1.807, 2.05) is 12.1 Å². The van der Waals surface area contributed by atoms with E-state index in [-0.39, 0.29) is 5.78 Å². The molecule has 0 aliphatic carbocycles. The number of hydrogen-bond donors (Lipinski definition) is 0. The highest BCUT2D eigenvalue weighted by Gasteiger charge is 2.05. The zero-order valence-electron chi connectivity index (χ0n) is 10.2. The van der Waals surface area contributed by atoms with E-state index in [0.29, 0.717) is 17.1 Å². The Morgan fingerprint density at radius 1 is 1.11 bits per heavy atom. The molecular formula is C15H11ClO3. The van der Waals surface area contributed by atoms with Gasteiger partial charge in [0.25, 0.3) is 0 Å². The van der Waals surface area contributed by atoms with E-state index in [1.165, 1.54) is 19.1 Å². The monoisotopic (exact) mass is 274 g/mol. The number of Topliss-reactive ketones (excluding diaryl/α,β-unsaturated/α-hetero) is 1. The van der Waals surface area contributed by atoms with Crippen LogP contribution in [0.3, 0.4) is 0 Å². The second kappa shape index (κ2) is 5.67. The topological polar surface area (TPSA) is 47.3 Å². The molecule has 0 aliphatic heterocycles. The standard InChI is InChI=1S/C15H11ClO3/c1-10(17)11-2-4-12(5-3-11)14-8-6-13(19-14)7-9-15(16)18/h2-9H,1H3/b9-7+. The number of allylic oxidation sites excluding steroid dienone is 1. The van der Waals surface area contributed by atoms with Crippen LogP contribution in [0.15, 0.2) is 46.9 Å². The lowest BCUT2D eigenvalue weighted by Crippen LogP contribution is -1.90. The van der Waals surface area contributed by atoms with E-state index in [0.717, 1.165) is 5.56 Å². The van der Waals surface area contributed by atoms with Gasteiger partial charge in [-0.1, -0.05) is 24.3 Å². The molecule has 0 fully saturated rings. The third-order valence-corrected chi connectivity index (χ3v) is 2.71. The Morgan fingerprint density at radius 3 is 2.37 bits per heavy atom. The number of carbonyl (C=O) groups is 2. The highest BCUT2D eigenvalue weighted by molar-refractivity contribution is 6.66. The van der Waals surface area contributed by atoms with E-state index in [9.17, 15) is 9.59 Å². The Bertz CT molecular complexity index is 636. The molecular weight excluding hydrogens is 264 g/mol. The molecule has 0 amide bonds. The zero-order valence-corrected chi connectivity index (χ0v) is 11.0. The van der Waals surface area contributed by atoms with Crippen molar-refractivity contribution < 1.29 is 14.0 Å². The highest BCUT2D eigenvalue weighted by atomic mass is 35.5. The van der Waals surface area contributed by atoms with Gasteiger partial charge in [-0.15, -0.1) is 0 Å². The van der Waals surface area contributed by atoms with Crippen molar-refractivity contribution in [2.75, 3.05) is 0 Å². The summed E-state index contributed by atoms with van der Waals surface area (Å²) in [5.41, 5.74) is 1.52. The van der Waals surface area contributed by atoms with Gasteiger partial charge >= 0.3 is 0 Å². The van der Waals surface area contributed by atoms with E-state index < -0.39 is 5.24 Å². The summed E-state index contributed by atoms with van der Waals surface area (Å²) in [5.74, 6) is 1.23. The van der Waals surface area contributed by atoms with Crippen molar-refractivity contribution in [1.82, 2.24) is 0 Å². The van der Waals surface area contributed by atoms with Crippen molar-refractivity contribution in [3.8, 4) is 11.3 Å². The van der Waals surface area contributed by atoms with Gasteiger partial charge in [0.1, 0.15) is 11.5 Å². The zero-order chi connectivity index (χ0) is 13.8. The average molecular weight is 275 g/mol. The third-order valence-electron chi connectivity index (χ3n) is 2.58. The first-order chi connectivity index (χ1) is 9.06. The van der Waals surface area contributed by atoms with Gasteiger partial charge in [0.15, 0.2) is 5.78 Å². The lowest BCUT2D eigenvalue weighted by atomic mass is 10.1. The SMILES string of the molecule is CC(=O)c1ccc(-c2ccc(/C=C/C(=O)Cl)o2)cc1. The first-order valence-electron chi connectivity index (χ1n) is 5.65. The van der Waals surface area contributed by atoms with Crippen LogP contribution in [-0.2, 0) is 4.79 Å². The van der Waals surface area contributed by atoms with Crippen LogP contribution in [-0.4, -0.2) is 11.0 Å². The molecule has 0 radical (unpaired) electrons. The van der Waals surface area contributed by atoms with Gasteiger partial charge < -0.3 is 4.42 Å². The number of hydrogen-bond acceptors (Lipinski definition) is 3. The number of furan rings is 1. The maximum Gasteiger partial charge on any atom is 0.245 e. The normalized spacial score (nSPS) is 10.8. The first kappa shape index (κ1) is 13.3. The Labute approximate surface area is 115 Å². The molecule has 0 saturated heterocycles. The van der Waals surface area contributed by atoms with Gasteiger partial charge in [-0.05, 0) is 36.7 Å². The second-order valence-corrected chi connectivity index (χ2v) is 4.35. The van der Waals surface area contributed by atoms with Crippen LogP contribution in [0.1, 0.15) is 23.0 Å². The van der Waals surface area contributed by atoms with E-state index in [2.05, 4.69) is 0 Å². The minimum atomic E-state index is -0.552. The summed E-state index contributed by atoms with van der Waals surface area (Å²) in [5, 5.41) is -0.552. The molecule has 96 valence electrons. The average Bonchev–Trinajstić information content (AvgIpc) is 2.85. The van der Waals surface area contributed by atoms with Crippen LogP contribution < -0.4 is 0 Å². The van der Waals surface area contributed by atoms with E-state index in [4.69, 9.17) is 16.0 Å². The van der Waals surface area contributed by atoms with Gasteiger partial charge in [0.05, 0.1) is 0 Å². The number of halogens is 1. The summed E-state index contributed by atoms with van der Waals surface area (Å²) in [6.45, 7) is 1.52. The van der Waals surface area contributed by atoms with Crippen molar-refractivity contribution in [3.63, 3.8) is 0 Å². The summed E-state index contributed by atoms with van der Waals surface area (Å²) in [7, 11) is 0.